The van der Waals surface area contributed by atoms with Crippen LogP contribution in [0.5, 0.6) is 0 Å². The maximum absolute atomic E-state index is 13.1. The standard InChI is InChI=1S/C20H21ClFN3O3S.ClH/c21-18-10-17-14(9-19(18)29(23,27)28)12-25(20(17)26)16-5-7-24(8-6-16)11-13-1-3-15(22)4-2-13;/h1-4,9-10,16H,5-8,11-12H2,(H2,23,27,28);1H. The third-order valence-electron chi connectivity index (χ3n) is 5.61. The summed E-state index contributed by atoms with van der Waals surface area (Å²) < 4.78 is 36.4. The Morgan fingerprint density at radius 2 is 1.77 bits per heavy atom. The first-order chi connectivity index (χ1) is 13.7. The normalized spacial score (nSPS) is 17.7. The van der Waals surface area contributed by atoms with Crippen LogP contribution in [-0.2, 0) is 23.1 Å². The van der Waals surface area contributed by atoms with Crippen molar-refractivity contribution in [1.82, 2.24) is 9.80 Å². The summed E-state index contributed by atoms with van der Waals surface area (Å²) in [4.78, 5) is 16.8. The number of primary sulfonamides is 1. The highest BCUT2D eigenvalue weighted by Gasteiger charge is 2.35. The SMILES string of the molecule is Cl.NS(=O)(=O)c1cc2c(cc1Cl)C(=O)N(C1CCN(Cc3ccc(F)cc3)CC1)C2. The molecular weight excluding hydrogens is 452 g/mol. The van der Waals surface area contributed by atoms with Gasteiger partial charge < -0.3 is 4.90 Å². The van der Waals surface area contributed by atoms with Crippen LogP contribution in [0.25, 0.3) is 0 Å². The number of sulfonamides is 1. The smallest absolute Gasteiger partial charge is 0.254 e. The number of benzene rings is 2. The molecule has 0 radical (unpaired) electrons. The van der Waals surface area contributed by atoms with Crippen LogP contribution in [0.15, 0.2) is 41.3 Å². The lowest BCUT2D eigenvalue weighted by Gasteiger charge is -2.36. The van der Waals surface area contributed by atoms with Crippen molar-refractivity contribution >= 4 is 39.9 Å². The fourth-order valence-corrected chi connectivity index (χ4v) is 5.21. The molecule has 4 rings (SSSR count). The maximum Gasteiger partial charge on any atom is 0.254 e. The molecule has 0 unspecified atom stereocenters. The molecule has 10 heteroatoms. The van der Waals surface area contributed by atoms with Gasteiger partial charge in [0.15, 0.2) is 0 Å². The van der Waals surface area contributed by atoms with Gasteiger partial charge in [0, 0.05) is 37.8 Å². The summed E-state index contributed by atoms with van der Waals surface area (Å²) in [5.74, 6) is -0.370. The van der Waals surface area contributed by atoms with Crippen LogP contribution in [0, 0.1) is 5.82 Å². The minimum Gasteiger partial charge on any atom is -0.331 e. The molecule has 2 aliphatic heterocycles. The van der Waals surface area contributed by atoms with E-state index in [-0.39, 0.29) is 40.1 Å². The van der Waals surface area contributed by atoms with Crippen molar-refractivity contribution in [1.29, 1.82) is 0 Å². The molecule has 0 aliphatic carbocycles. The van der Waals surface area contributed by atoms with Gasteiger partial charge in [0.1, 0.15) is 10.7 Å². The van der Waals surface area contributed by atoms with E-state index >= 15 is 0 Å². The molecule has 0 bridgehead atoms. The summed E-state index contributed by atoms with van der Waals surface area (Å²) >= 11 is 6.04. The largest absolute Gasteiger partial charge is 0.331 e. The second kappa shape index (κ2) is 8.80. The predicted molar refractivity (Wildman–Crippen MR) is 115 cm³/mol. The Morgan fingerprint density at radius 1 is 1.13 bits per heavy atom. The van der Waals surface area contributed by atoms with Gasteiger partial charge in [0.05, 0.1) is 5.02 Å². The zero-order valence-corrected chi connectivity index (χ0v) is 18.4. The van der Waals surface area contributed by atoms with Crippen LogP contribution in [-0.4, -0.2) is 43.3 Å². The molecule has 2 heterocycles. The Kier molecular flexibility index (Phi) is 6.74. The Labute approximate surface area is 186 Å². The number of hydrogen-bond acceptors (Lipinski definition) is 4. The van der Waals surface area contributed by atoms with Gasteiger partial charge in [-0.25, -0.2) is 17.9 Å². The fraction of sp³-hybridized carbons (Fsp3) is 0.350. The summed E-state index contributed by atoms with van der Waals surface area (Å²) in [6, 6.07) is 9.39. The van der Waals surface area contributed by atoms with Gasteiger partial charge in [-0.3, -0.25) is 9.69 Å². The first-order valence-corrected chi connectivity index (χ1v) is 11.3. The molecular formula is C20H22Cl2FN3O3S. The van der Waals surface area contributed by atoms with E-state index in [9.17, 15) is 17.6 Å². The quantitative estimate of drug-likeness (QED) is 0.738. The van der Waals surface area contributed by atoms with Crippen LogP contribution in [0.3, 0.4) is 0 Å². The molecule has 1 amide bonds. The summed E-state index contributed by atoms with van der Waals surface area (Å²) in [5.41, 5.74) is 2.13. The maximum atomic E-state index is 13.1. The summed E-state index contributed by atoms with van der Waals surface area (Å²) in [5, 5.41) is 5.18. The van der Waals surface area contributed by atoms with Crippen molar-refractivity contribution in [2.45, 2.75) is 36.9 Å². The molecule has 0 aromatic heterocycles. The number of halogens is 3. The molecule has 6 nitrogen and oxygen atoms in total. The van der Waals surface area contributed by atoms with Crippen LogP contribution in [0.4, 0.5) is 4.39 Å². The Morgan fingerprint density at radius 3 is 2.37 bits per heavy atom. The van der Waals surface area contributed by atoms with Crippen molar-refractivity contribution in [3.05, 3.63) is 63.9 Å². The molecule has 2 aromatic rings. The number of nitrogens with two attached hydrogens (primary N) is 1. The Hall–Kier alpha value is -1.71. The van der Waals surface area contributed by atoms with E-state index in [1.807, 2.05) is 0 Å². The Bertz CT molecular complexity index is 1060. The Balaban J connectivity index is 0.00000256. The third-order valence-corrected chi connectivity index (χ3v) is 6.99. The fourth-order valence-electron chi connectivity index (χ4n) is 4.09. The van der Waals surface area contributed by atoms with Crippen LogP contribution < -0.4 is 5.14 Å². The lowest BCUT2D eigenvalue weighted by molar-refractivity contribution is 0.0590. The number of fused-ring (bicyclic) bond motifs is 1. The number of likely N-dealkylation sites (tertiary alicyclic amines) is 1. The monoisotopic (exact) mass is 473 g/mol. The topological polar surface area (TPSA) is 83.7 Å². The van der Waals surface area contributed by atoms with E-state index in [4.69, 9.17) is 16.7 Å². The molecule has 2 aromatic carbocycles. The molecule has 0 atom stereocenters. The highest BCUT2D eigenvalue weighted by molar-refractivity contribution is 7.89. The van der Waals surface area contributed by atoms with Crippen molar-refractivity contribution in [2.24, 2.45) is 5.14 Å². The zero-order chi connectivity index (χ0) is 20.8. The van der Waals surface area contributed by atoms with Crippen LogP contribution in [0.1, 0.15) is 34.3 Å². The first kappa shape index (κ1) is 23.0. The molecule has 1 fully saturated rings. The summed E-state index contributed by atoms with van der Waals surface area (Å²) in [6.45, 7) is 2.75. The summed E-state index contributed by atoms with van der Waals surface area (Å²) in [7, 11) is -3.95. The average Bonchev–Trinajstić information content (AvgIpc) is 2.99. The number of rotatable bonds is 4. The lowest BCUT2D eigenvalue weighted by Crippen LogP contribution is -2.44. The highest BCUT2D eigenvalue weighted by atomic mass is 35.5. The summed E-state index contributed by atoms with van der Waals surface area (Å²) in [6.07, 6.45) is 1.63. The van der Waals surface area contributed by atoms with Gasteiger partial charge in [-0.15, -0.1) is 12.4 Å². The van der Waals surface area contributed by atoms with Crippen molar-refractivity contribution in [3.63, 3.8) is 0 Å². The number of nitrogens with zero attached hydrogens (tertiary/aromatic N) is 2. The predicted octanol–water partition coefficient (Wildman–Crippen LogP) is 3.17. The third kappa shape index (κ3) is 4.63. The molecule has 2 N–H and O–H groups in total. The van der Waals surface area contributed by atoms with Crippen LogP contribution in [0.2, 0.25) is 5.02 Å². The number of carbonyl (C=O) groups excluding carboxylic acids is 1. The van der Waals surface area contributed by atoms with Crippen molar-refractivity contribution in [2.75, 3.05) is 13.1 Å². The molecule has 0 spiro atoms. The molecule has 1 saturated heterocycles. The van der Waals surface area contributed by atoms with E-state index < -0.39 is 10.0 Å². The molecule has 30 heavy (non-hydrogen) atoms. The van der Waals surface area contributed by atoms with Gasteiger partial charge in [-0.05, 0) is 48.2 Å². The lowest BCUT2D eigenvalue weighted by atomic mass is 10.0. The number of amides is 1. The van der Waals surface area contributed by atoms with Gasteiger partial charge in [0.25, 0.3) is 5.91 Å². The first-order valence-electron chi connectivity index (χ1n) is 9.35. The molecule has 0 saturated carbocycles. The van der Waals surface area contributed by atoms with E-state index in [1.54, 1.807) is 17.0 Å². The van der Waals surface area contributed by atoms with Gasteiger partial charge in [-0.1, -0.05) is 23.7 Å². The molecule has 162 valence electrons. The van der Waals surface area contributed by atoms with Crippen LogP contribution >= 0.6 is 24.0 Å². The van der Waals surface area contributed by atoms with E-state index in [0.717, 1.165) is 38.0 Å². The average molecular weight is 474 g/mol. The van der Waals surface area contributed by atoms with Crippen molar-refractivity contribution in [3.8, 4) is 0 Å². The van der Waals surface area contributed by atoms with E-state index in [0.29, 0.717) is 17.7 Å². The van der Waals surface area contributed by atoms with Crippen molar-refractivity contribution < 1.29 is 17.6 Å². The second-order valence-electron chi connectivity index (χ2n) is 7.55. The minimum absolute atomic E-state index is 0. The molecule has 2 aliphatic rings. The minimum atomic E-state index is -3.95. The number of carbonyl (C=O) groups is 1. The number of piperidine rings is 1. The second-order valence-corrected chi connectivity index (χ2v) is 9.49. The number of hydrogen-bond donors (Lipinski definition) is 1. The zero-order valence-electron chi connectivity index (χ0n) is 16.1. The van der Waals surface area contributed by atoms with E-state index in [2.05, 4.69) is 4.90 Å². The van der Waals surface area contributed by atoms with Gasteiger partial charge >= 0.3 is 0 Å². The van der Waals surface area contributed by atoms with E-state index in [1.165, 1.54) is 24.3 Å². The highest BCUT2D eigenvalue weighted by Crippen LogP contribution is 2.33. The van der Waals surface area contributed by atoms with Gasteiger partial charge in [0.2, 0.25) is 10.0 Å². The van der Waals surface area contributed by atoms with Gasteiger partial charge in [-0.2, -0.15) is 0 Å².